The summed E-state index contributed by atoms with van der Waals surface area (Å²) < 4.78 is 0. The van der Waals surface area contributed by atoms with Gasteiger partial charge in [0.2, 0.25) is 35.4 Å². The predicted octanol–water partition coefficient (Wildman–Crippen LogP) is -3.29. The van der Waals surface area contributed by atoms with Gasteiger partial charge in [-0.3, -0.25) is 38.4 Å². The lowest BCUT2D eigenvalue weighted by molar-refractivity contribution is -0.142. The number of nitrogens with one attached hydrogen (secondary N) is 5. The fourth-order valence-corrected chi connectivity index (χ4v) is 4.05. The molecule has 0 radical (unpaired) electrons. The molecule has 0 unspecified atom stereocenters. The van der Waals surface area contributed by atoms with Crippen molar-refractivity contribution < 1.29 is 58.5 Å². The Morgan fingerprint density at radius 2 is 1.10 bits per heavy atom. The molecular formula is C29H41N7O12. The van der Waals surface area contributed by atoms with E-state index < -0.39 is 109 Å². The van der Waals surface area contributed by atoms with E-state index in [1.807, 2.05) is 0 Å². The number of carbonyl (C=O) groups excluding carboxylic acids is 6. The fourth-order valence-electron chi connectivity index (χ4n) is 4.05. The summed E-state index contributed by atoms with van der Waals surface area (Å²) in [5, 5.41) is 38.8. The number of hydrogen-bond donors (Lipinski definition) is 10. The second-order valence-corrected chi connectivity index (χ2v) is 10.8. The van der Waals surface area contributed by atoms with Crippen LogP contribution in [0.15, 0.2) is 30.3 Å². The summed E-state index contributed by atoms with van der Waals surface area (Å²) >= 11 is 0. The van der Waals surface area contributed by atoms with Gasteiger partial charge in [-0.1, -0.05) is 30.3 Å². The van der Waals surface area contributed by atoms with Crippen LogP contribution in [0.2, 0.25) is 0 Å². The van der Waals surface area contributed by atoms with E-state index in [0.717, 1.165) is 0 Å². The average molecular weight is 680 g/mol. The number of carboxylic acid groups (broad SMARTS) is 3. The van der Waals surface area contributed by atoms with Crippen molar-refractivity contribution in [3.05, 3.63) is 35.9 Å². The zero-order chi connectivity index (χ0) is 36.6. The average Bonchev–Trinajstić information content (AvgIpc) is 3.00. The van der Waals surface area contributed by atoms with Gasteiger partial charge in [-0.2, -0.15) is 0 Å². The standard InChI is InChI=1S/C29H41N7O12/c1-14(33-27(45)18(9-11-22(38)39)34-26(44)17(30)13-23(40)41)24(42)32-15(2)25(43)36-20(12-16-6-4-3-5-7-16)28(46)35-19(29(47)48)8-10-21(31)37/h3-7,14-15,17-20H,8-13,30H2,1-2H3,(H2,31,37)(H,32,42)(H,33,45)(H,34,44)(H,35,46)(H,36,43)(H,38,39)(H,40,41)(H,47,48)/t14-,15-,17-,18-,19-,20-/m0/s1. The van der Waals surface area contributed by atoms with Gasteiger partial charge in [0.1, 0.15) is 30.2 Å². The number of aliphatic carboxylic acids is 3. The number of primary amides is 1. The largest absolute Gasteiger partial charge is 0.481 e. The third-order valence-electron chi connectivity index (χ3n) is 6.72. The number of carbonyl (C=O) groups is 9. The Morgan fingerprint density at radius 1 is 0.625 bits per heavy atom. The molecular weight excluding hydrogens is 638 g/mol. The summed E-state index contributed by atoms with van der Waals surface area (Å²) in [7, 11) is 0. The molecule has 6 atom stereocenters. The van der Waals surface area contributed by atoms with E-state index in [-0.39, 0.29) is 19.3 Å². The van der Waals surface area contributed by atoms with Crippen LogP contribution in [0.1, 0.15) is 51.5 Å². The molecule has 1 aromatic carbocycles. The predicted molar refractivity (Wildman–Crippen MR) is 164 cm³/mol. The normalized spacial score (nSPS) is 14.4. The molecule has 0 bridgehead atoms. The van der Waals surface area contributed by atoms with Crippen molar-refractivity contribution in [2.75, 3.05) is 0 Å². The first kappa shape index (κ1) is 40.4. The van der Waals surface area contributed by atoms with Crippen molar-refractivity contribution in [2.45, 2.75) is 88.6 Å². The zero-order valence-corrected chi connectivity index (χ0v) is 26.3. The second-order valence-electron chi connectivity index (χ2n) is 10.8. The number of rotatable bonds is 21. The van der Waals surface area contributed by atoms with Crippen molar-refractivity contribution in [2.24, 2.45) is 11.5 Å². The molecule has 19 heteroatoms. The monoisotopic (exact) mass is 679 g/mol. The van der Waals surface area contributed by atoms with Crippen LogP contribution in [-0.2, 0) is 49.6 Å². The van der Waals surface area contributed by atoms with Gasteiger partial charge in [0, 0.05) is 19.3 Å². The Kier molecular flexibility index (Phi) is 16.7. The summed E-state index contributed by atoms with van der Waals surface area (Å²) in [5.41, 5.74) is 11.2. The van der Waals surface area contributed by atoms with Gasteiger partial charge in [-0.15, -0.1) is 0 Å². The Bertz CT molecular complexity index is 1360. The number of hydrogen-bond acceptors (Lipinski definition) is 10. The Hall–Kier alpha value is -5.59. The van der Waals surface area contributed by atoms with Crippen LogP contribution in [0.4, 0.5) is 0 Å². The molecule has 0 fully saturated rings. The minimum Gasteiger partial charge on any atom is -0.481 e. The smallest absolute Gasteiger partial charge is 0.326 e. The van der Waals surface area contributed by atoms with Crippen LogP contribution in [0.3, 0.4) is 0 Å². The van der Waals surface area contributed by atoms with Crippen molar-refractivity contribution in [3.8, 4) is 0 Å². The maximum absolute atomic E-state index is 13.1. The second kappa shape index (κ2) is 19.8. The molecule has 0 aliphatic carbocycles. The van der Waals surface area contributed by atoms with Crippen LogP contribution in [0.25, 0.3) is 0 Å². The molecule has 1 aromatic rings. The molecule has 0 heterocycles. The van der Waals surface area contributed by atoms with Crippen molar-refractivity contribution in [3.63, 3.8) is 0 Å². The topological polar surface area (TPSA) is 327 Å². The minimum absolute atomic E-state index is 0.0761. The van der Waals surface area contributed by atoms with Crippen LogP contribution in [-0.4, -0.2) is 105 Å². The molecule has 12 N–H and O–H groups in total. The van der Waals surface area contributed by atoms with Crippen molar-refractivity contribution in [1.29, 1.82) is 0 Å². The Balaban J connectivity index is 2.97. The maximum atomic E-state index is 13.1. The quantitative estimate of drug-likeness (QED) is 0.0610. The molecule has 0 saturated heterocycles. The maximum Gasteiger partial charge on any atom is 0.326 e. The van der Waals surface area contributed by atoms with Crippen molar-refractivity contribution in [1.82, 2.24) is 26.6 Å². The molecule has 264 valence electrons. The van der Waals surface area contributed by atoms with E-state index >= 15 is 0 Å². The summed E-state index contributed by atoms with van der Waals surface area (Å²) in [6, 6.07) is -0.0867. The summed E-state index contributed by atoms with van der Waals surface area (Å²) in [6.45, 7) is 2.50. The highest BCUT2D eigenvalue weighted by molar-refractivity contribution is 5.96. The van der Waals surface area contributed by atoms with Gasteiger partial charge in [0.15, 0.2) is 0 Å². The molecule has 0 saturated carbocycles. The highest BCUT2D eigenvalue weighted by atomic mass is 16.4. The van der Waals surface area contributed by atoms with Gasteiger partial charge in [-0.05, 0) is 32.3 Å². The van der Waals surface area contributed by atoms with E-state index in [4.69, 9.17) is 21.7 Å². The van der Waals surface area contributed by atoms with E-state index in [1.165, 1.54) is 13.8 Å². The van der Waals surface area contributed by atoms with Crippen LogP contribution >= 0.6 is 0 Å². The molecule has 0 aliphatic rings. The summed E-state index contributed by atoms with van der Waals surface area (Å²) in [4.78, 5) is 109. The molecule has 1 rings (SSSR count). The summed E-state index contributed by atoms with van der Waals surface area (Å²) in [5.74, 6) is -9.56. The Morgan fingerprint density at radius 3 is 1.62 bits per heavy atom. The van der Waals surface area contributed by atoms with Crippen LogP contribution in [0, 0.1) is 0 Å². The molecule has 48 heavy (non-hydrogen) atoms. The molecule has 19 nitrogen and oxygen atoms in total. The molecule has 0 spiro atoms. The lowest BCUT2D eigenvalue weighted by Crippen LogP contribution is -2.58. The van der Waals surface area contributed by atoms with Gasteiger partial charge in [0.05, 0.1) is 12.5 Å². The van der Waals surface area contributed by atoms with Gasteiger partial charge < -0.3 is 53.4 Å². The molecule has 0 aliphatic heterocycles. The van der Waals surface area contributed by atoms with Crippen molar-refractivity contribution >= 4 is 53.4 Å². The number of nitrogens with two attached hydrogens (primary N) is 2. The first-order chi connectivity index (χ1) is 22.4. The zero-order valence-electron chi connectivity index (χ0n) is 26.3. The highest BCUT2D eigenvalue weighted by Gasteiger charge is 2.31. The van der Waals surface area contributed by atoms with E-state index in [0.29, 0.717) is 5.56 Å². The Labute approximate surface area is 274 Å². The number of amides is 6. The molecule has 6 amide bonds. The first-order valence-electron chi connectivity index (χ1n) is 14.7. The van der Waals surface area contributed by atoms with Crippen LogP contribution < -0.4 is 38.1 Å². The summed E-state index contributed by atoms with van der Waals surface area (Å²) in [6.07, 6.45) is -2.45. The van der Waals surface area contributed by atoms with E-state index in [2.05, 4.69) is 26.6 Å². The number of benzene rings is 1. The van der Waals surface area contributed by atoms with Gasteiger partial charge >= 0.3 is 17.9 Å². The SMILES string of the molecule is C[C@H](NC(=O)[C@H](C)NC(=O)[C@H](CCC(=O)O)NC(=O)[C@@H](N)CC(=O)O)C(=O)N[C@@H](Cc1ccccc1)C(=O)N[C@@H](CCC(N)=O)C(=O)O. The first-order valence-corrected chi connectivity index (χ1v) is 14.7. The minimum atomic E-state index is -1.54. The lowest BCUT2D eigenvalue weighted by atomic mass is 10.0. The fraction of sp³-hybridized carbons (Fsp3) is 0.483. The van der Waals surface area contributed by atoms with Crippen LogP contribution in [0.5, 0.6) is 0 Å². The lowest BCUT2D eigenvalue weighted by Gasteiger charge is -2.25. The number of carboxylic acids is 3. The van der Waals surface area contributed by atoms with E-state index in [1.54, 1.807) is 30.3 Å². The third-order valence-corrected chi connectivity index (χ3v) is 6.72. The van der Waals surface area contributed by atoms with Gasteiger partial charge in [-0.25, -0.2) is 4.79 Å². The van der Waals surface area contributed by atoms with Gasteiger partial charge in [0.25, 0.3) is 0 Å². The molecule has 0 aromatic heterocycles. The van der Waals surface area contributed by atoms with E-state index in [9.17, 15) is 48.3 Å². The highest BCUT2D eigenvalue weighted by Crippen LogP contribution is 2.07. The third kappa shape index (κ3) is 15.1.